The van der Waals surface area contributed by atoms with Gasteiger partial charge in [-0.05, 0) is 25.5 Å². The van der Waals surface area contributed by atoms with Gasteiger partial charge in [-0.3, -0.25) is 0 Å². The van der Waals surface area contributed by atoms with Crippen molar-refractivity contribution in [3.05, 3.63) is 48.5 Å². The highest BCUT2D eigenvalue weighted by Gasteiger charge is 2.19. The summed E-state index contributed by atoms with van der Waals surface area (Å²) in [6.45, 7) is 5.84. The zero-order valence-corrected chi connectivity index (χ0v) is 14.7. The average Bonchev–Trinajstić information content (AvgIpc) is 3.23. The van der Waals surface area contributed by atoms with Gasteiger partial charge in [-0.1, -0.05) is 0 Å². The van der Waals surface area contributed by atoms with Crippen molar-refractivity contribution in [2.75, 3.05) is 36.0 Å². The molecular formula is C18H20N8. The lowest BCUT2D eigenvalue weighted by Crippen LogP contribution is -2.32. The van der Waals surface area contributed by atoms with Crippen molar-refractivity contribution in [3.63, 3.8) is 0 Å². The fourth-order valence-electron chi connectivity index (χ4n) is 3.59. The van der Waals surface area contributed by atoms with E-state index in [2.05, 4.69) is 42.1 Å². The summed E-state index contributed by atoms with van der Waals surface area (Å²) in [5, 5.41) is 9.14. The van der Waals surface area contributed by atoms with Crippen LogP contribution in [0.2, 0.25) is 0 Å². The van der Waals surface area contributed by atoms with Crippen LogP contribution in [0.15, 0.2) is 42.9 Å². The molecule has 8 heteroatoms. The summed E-state index contributed by atoms with van der Waals surface area (Å²) < 4.78 is 3.76. The smallest absolute Gasteiger partial charge is 0.157 e. The van der Waals surface area contributed by atoms with Gasteiger partial charge in [0.15, 0.2) is 11.3 Å². The van der Waals surface area contributed by atoms with Crippen LogP contribution in [0.25, 0.3) is 11.3 Å². The molecule has 0 unspecified atom stereocenters. The Kier molecular flexibility index (Phi) is 3.48. The Morgan fingerprint density at radius 2 is 1.81 bits per heavy atom. The van der Waals surface area contributed by atoms with Crippen LogP contribution < -0.4 is 9.80 Å². The molecule has 1 aliphatic rings. The number of hydrogen-bond acceptors (Lipinski definition) is 6. The minimum Gasteiger partial charge on any atom is -0.355 e. The SMILES string of the molecule is Cc1cc(N2CCCN(c3ccc4nccn4n3)CC2)n2nccc2n1. The number of fused-ring (bicyclic) bond motifs is 2. The second-order valence-corrected chi connectivity index (χ2v) is 6.61. The van der Waals surface area contributed by atoms with Crippen LogP contribution >= 0.6 is 0 Å². The number of imidazole rings is 1. The summed E-state index contributed by atoms with van der Waals surface area (Å²) in [5.74, 6) is 2.10. The first-order valence-corrected chi connectivity index (χ1v) is 8.90. The number of aryl methyl sites for hydroxylation is 1. The molecule has 26 heavy (non-hydrogen) atoms. The maximum Gasteiger partial charge on any atom is 0.157 e. The van der Waals surface area contributed by atoms with Gasteiger partial charge in [-0.15, -0.1) is 5.10 Å². The topological polar surface area (TPSA) is 66.9 Å². The minimum absolute atomic E-state index is 0.874. The second-order valence-electron chi connectivity index (χ2n) is 6.61. The Morgan fingerprint density at radius 1 is 0.923 bits per heavy atom. The lowest BCUT2D eigenvalue weighted by atomic mass is 10.3. The Labute approximate surface area is 150 Å². The Balaban J connectivity index is 1.42. The molecule has 0 radical (unpaired) electrons. The highest BCUT2D eigenvalue weighted by atomic mass is 15.4. The van der Waals surface area contributed by atoms with Crippen LogP contribution in [0.5, 0.6) is 0 Å². The third-order valence-corrected chi connectivity index (χ3v) is 4.85. The molecule has 0 saturated carbocycles. The molecule has 0 amide bonds. The van der Waals surface area contributed by atoms with Gasteiger partial charge in [0.25, 0.3) is 0 Å². The zero-order chi connectivity index (χ0) is 17.5. The monoisotopic (exact) mass is 348 g/mol. The predicted octanol–water partition coefficient (Wildman–Crippen LogP) is 1.80. The number of hydrogen-bond donors (Lipinski definition) is 0. The standard InChI is InChI=1S/C18H20N8/c1-14-13-18(26-16(21-14)5-6-20-26)24-9-2-8-23(11-12-24)17-4-3-15-19-7-10-25(15)22-17/h3-7,10,13H,2,8-9,11-12H2,1H3. The van der Waals surface area contributed by atoms with Crippen molar-refractivity contribution in [2.24, 2.45) is 0 Å². The number of rotatable bonds is 2. The molecule has 8 nitrogen and oxygen atoms in total. The molecule has 4 aromatic rings. The fourth-order valence-corrected chi connectivity index (χ4v) is 3.59. The van der Waals surface area contributed by atoms with Gasteiger partial charge in [0.2, 0.25) is 0 Å². The summed E-state index contributed by atoms with van der Waals surface area (Å²) in [7, 11) is 0. The first-order valence-electron chi connectivity index (χ1n) is 8.90. The molecule has 0 N–H and O–H groups in total. The Hall–Kier alpha value is -3.16. The van der Waals surface area contributed by atoms with Crippen LogP contribution in [0.3, 0.4) is 0 Å². The quantitative estimate of drug-likeness (QED) is 0.550. The third kappa shape index (κ3) is 2.54. The highest BCUT2D eigenvalue weighted by Crippen LogP contribution is 2.20. The number of aromatic nitrogens is 6. The van der Waals surface area contributed by atoms with E-state index in [1.165, 1.54) is 0 Å². The highest BCUT2D eigenvalue weighted by molar-refractivity contribution is 5.52. The van der Waals surface area contributed by atoms with Crippen LogP contribution in [0.4, 0.5) is 11.6 Å². The molecule has 1 fully saturated rings. The van der Waals surface area contributed by atoms with Crippen molar-refractivity contribution >= 4 is 22.9 Å². The van der Waals surface area contributed by atoms with Gasteiger partial charge in [-0.2, -0.15) is 9.61 Å². The largest absolute Gasteiger partial charge is 0.355 e. The van der Waals surface area contributed by atoms with Gasteiger partial charge >= 0.3 is 0 Å². The first-order chi connectivity index (χ1) is 12.8. The van der Waals surface area contributed by atoms with Crippen LogP contribution in [-0.2, 0) is 0 Å². The molecule has 0 aliphatic carbocycles. The predicted molar refractivity (Wildman–Crippen MR) is 99.8 cm³/mol. The maximum atomic E-state index is 4.69. The average molecular weight is 348 g/mol. The molecule has 0 bridgehead atoms. The molecule has 0 atom stereocenters. The Bertz CT molecular complexity index is 1070. The summed E-state index contributed by atoms with van der Waals surface area (Å²) in [4.78, 5) is 13.5. The van der Waals surface area contributed by atoms with Gasteiger partial charge in [0.05, 0.1) is 6.20 Å². The first kappa shape index (κ1) is 15.1. The van der Waals surface area contributed by atoms with Crippen LogP contribution in [-0.4, -0.2) is 55.4 Å². The van der Waals surface area contributed by atoms with Gasteiger partial charge in [0, 0.05) is 56.4 Å². The molecule has 0 spiro atoms. The molecule has 0 aromatic carbocycles. The molecule has 132 valence electrons. The molecule has 1 saturated heterocycles. The van der Waals surface area contributed by atoms with Crippen molar-refractivity contribution < 1.29 is 0 Å². The van der Waals surface area contributed by atoms with Gasteiger partial charge < -0.3 is 9.80 Å². The van der Waals surface area contributed by atoms with E-state index in [4.69, 9.17) is 0 Å². The summed E-state index contributed by atoms with van der Waals surface area (Å²) in [6, 6.07) is 8.14. The van der Waals surface area contributed by atoms with Crippen molar-refractivity contribution in [3.8, 4) is 0 Å². The van der Waals surface area contributed by atoms with Crippen LogP contribution in [0.1, 0.15) is 12.1 Å². The van der Waals surface area contributed by atoms with E-state index < -0.39 is 0 Å². The van der Waals surface area contributed by atoms with Gasteiger partial charge in [-0.25, -0.2) is 14.5 Å². The lowest BCUT2D eigenvalue weighted by molar-refractivity contribution is 0.767. The van der Waals surface area contributed by atoms with E-state index in [9.17, 15) is 0 Å². The van der Waals surface area contributed by atoms with Crippen molar-refractivity contribution in [2.45, 2.75) is 13.3 Å². The lowest BCUT2D eigenvalue weighted by Gasteiger charge is -2.24. The number of anilines is 2. The van der Waals surface area contributed by atoms with E-state index in [0.29, 0.717) is 0 Å². The fraction of sp³-hybridized carbons (Fsp3) is 0.333. The van der Waals surface area contributed by atoms with E-state index in [-0.39, 0.29) is 0 Å². The van der Waals surface area contributed by atoms with E-state index in [0.717, 1.165) is 61.2 Å². The van der Waals surface area contributed by atoms with Gasteiger partial charge in [0.1, 0.15) is 11.6 Å². The minimum atomic E-state index is 0.874. The summed E-state index contributed by atoms with van der Waals surface area (Å²) in [5.41, 5.74) is 2.79. The van der Waals surface area contributed by atoms with Crippen molar-refractivity contribution in [1.82, 2.24) is 29.2 Å². The molecule has 5 rings (SSSR count). The molecule has 1 aliphatic heterocycles. The number of nitrogens with zero attached hydrogens (tertiary/aromatic N) is 8. The van der Waals surface area contributed by atoms with Crippen molar-refractivity contribution in [1.29, 1.82) is 0 Å². The normalized spacial score (nSPS) is 15.7. The molecule has 4 aromatic heterocycles. The maximum absolute atomic E-state index is 4.69. The molecule has 5 heterocycles. The molecular weight excluding hydrogens is 328 g/mol. The second kappa shape index (κ2) is 5.98. The van der Waals surface area contributed by atoms with Crippen LogP contribution in [0, 0.1) is 6.92 Å². The van der Waals surface area contributed by atoms with E-state index in [1.807, 2.05) is 34.3 Å². The zero-order valence-electron chi connectivity index (χ0n) is 14.7. The van der Waals surface area contributed by atoms with E-state index in [1.54, 1.807) is 12.4 Å². The Morgan fingerprint density at radius 3 is 2.77 bits per heavy atom. The van der Waals surface area contributed by atoms with E-state index >= 15 is 0 Å². The summed E-state index contributed by atoms with van der Waals surface area (Å²) in [6.07, 6.45) is 6.53. The third-order valence-electron chi connectivity index (χ3n) is 4.85. The summed E-state index contributed by atoms with van der Waals surface area (Å²) >= 11 is 0.